The molecule has 0 amide bonds. The molecule has 6 heteroatoms. The highest BCUT2D eigenvalue weighted by Crippen LogP contribution is 2.15. The zero-order chi connectivity index (χ0) is 58.5. The minimum absolute atomic E-state index is 0.101. The number of carbonyl (C=O) groups excluding carboxylic acids is 3. The lowest BCUT2D eigenvalue weighted by molar-refractivity contribution is -0.167. The molecule has 0 aliphatic carbocycles. The van der Waals surface area contributed by atoms with Gasteiger partial charge in [-0.05, 0) is 148 Å². The molecule has 81 heavy (non-hydrogen) atoms. The first-order chi connectivity index (χ1) is 40.0. The van der Waals surface area contributed by atoms with Crippen molar-refractivity contribution in [3.8, 4) is 0 Å². The normalized spacial score (nSPS) is 13.2. The van der Waals surface area contributed by atoms with Crippen molar-refractivity contribution in [2.45, 2.75) is 284 Å². The van der Waals surface area contributed by atoms with Gasteiger partial charge in [-0.3, -0.25) is 14.4 Å². The number of hydrogen-bond donors (Lipinski definition) is 0. The number of esters is 3. The van der Waals surface area contributed by atoms with Crippen LogP contribution >= 0.6 is 0 Å². The molecule has 0 aromatic rings. The predicted octanol–water partition coefficient (Wildman–Crippen LogP) is 22.9. The van der Waals surface area contributed by atoms with Gasteiger partial charge in [0.15, 0.2) is 6.10 Å². The lowest BCUT2D eigenvalue weighted by atomic mass is 10.1. The molecule has 6 nitrogen and oxygen atoms in total. The summed E-state index contributed by atoms with van der Waals surface area (Å²) in [5.41, 5.74) is 0. The number of allylic oxidation sites excluding steroid dienone is 26. The van der Waals surface area contributed by atoms with Gasteiger partial charge in [0.1, 0.15) is 13.2 Å². The van der Waals surface area contributed by atoms with Gasteiger partial charge in [-0.2, -0.15) is 0 Å². The van der Waals surface area contributed by atoms with Crippen LogP contribution in [0.15, 0.2) is 158 Å². The lowest BCUT2D eigenvalue weighted by Crippen LogP contribution is -2.30. The highest BCUT2D eigenvalue weighted by atomic mass is 16.6. The zero-order valence-electron chi connectivity index (χ0n) is 52.2. The van der Waals surface area contributed by atoms with Crippen LogP contribution in [0.25, 0.3) is 0 Å². The standard InChI is InChI=1S/C75H120O6/c1-4-7-10-13-16-19-22-25-27-29-31-33-35-37-39-41-43-45-47-50-53-56-59-62-65-68-74(77)80-71-72(70-79-73(76)67-64-61-58-55-52-49-24-21-18-15-12-9-6-3)81-75(78)69-66-63-60-57-54-51-48-46-44-42-40-38-36-34-32-30-28-26-23-20-17-14-11-8-5-2/h7-8,10-11,16-17,19-21,24-28,31-34,37-40,43,45,50,53,72H,4-6,9,12-15,18,22-23,29-30,35-36,41-42,44,46-49,51-52,54-71H2,1-3H3/b10-7-,11-8-,19-16-,20-17-,24-21-,27-25-,28-26-,33-31-,34-32-,39-37-,40-38-,45-43-,53-50-. The maximum absolute atomic E-state index is 12.9. The van der Waals surface area contributed by atoms with Crippen molar-refractivity contribution in [1.29, 1.82) is 0 Å². The molecule has 0 heterocycles. The molecule has 0 fully saturated rings. The molecule has 0 radical (unpaired) electrons. The Morgan fingerprint density at radius 3 is 0.778 bits per heavy atom. The maximum atomic E-state index is 12.9. The Morgan fingerprint density at radius 2 is 0.481 bits per heavy atom. The van der Waals surface area contributed by atoms with E-state index >= 15 is 0 Å². The second-order valence-corrected chi connectivity index (χ2v) is 21.3. The van der Waals surface area contributed by atoms with E-state index in [0.717, 1.165) is 161 Å². The average Bonchev–Trinajstić information content (AvgIpc) is 3.46. The van der Waals surface area contributed by atoms with Crippen LogP contribution in [-0.4, -0.2) is 37.2 Å². The summed E-state index contributed by atoms with van der Waals surface area (Å²) in [5.74, 6) is -0.951. The molecule has 0 N–H and O–H groups in total. The van der Waals surface area contributed by atoms with Crippen LogP contribution in [0.1, 0.15) is 278 Å². The Balaban J connectivity index is 4.44. The molecule has 1 atom stereocenters. The molecule has 0 bridgehead atoms. The van der Waals surface area contributed by atoms with E-state index in [0.29, 0.717) is 19.3 Å². The Bertz CT molecular complexity index is 1810. The number of ether oxygens (including phenoxy) is 3. The summed E-state index contributed by atoms with van der Waals surface area (Å²) in [7, 11) is 0. The first kappa shape index (κ1) is 76.0. The maximum Gasteiger partial charge on any atom is 0.306 e. The summed E-state index contributed by atoms with van der Waals surface area (Å²) in [5, 5.41) is 0. The molecule has 0 spiro atoms. The fraction of sp³-hybridized carbons (Fsp3) is 0.613. The van der Waals surface area contributed by atoms with E-state index in [2.05, 4.69) is 179 Å². The minimum Gasteiger partial charge on any atom is -0.462 e. The smallest absolute Gasteiger partial charge is 0.306 e. The van der Waals surface area contributed by atoms with E-state index in [-0.39, 0.29) is 31.1 Å². The van der Waals surface area contributed by atoms with Crippen LogP contribution in [0.2, 0.25) is 0 Å². The quantitative estimate of drug-likeness (QED) is 0.0261. The van der Waals surface area contributed by atoms with Crippen molar-refractivity contribution < 1.29 is 28.6 Å². The summed E-state index contributed by atoms with van der Waals surface area (Å²) in [6, 6.07) is 0. The fourth-order valence-electron chi connectivity index (χ4n) is 8.62. The van der Waals surface area contributed by atoms with E-state index in [1.807, 2.05) is 0 Å². The Labute approximate surface area is 499 Å². The highest BCUT2D eigenvalue weighted by molar-refractivity contribution is 5.71. The summed E-state index contributed by atoms with van der Waals surface area (Å²) < 4.78 is 16.9. The van der Waals surface area contributed by atoms with Crippen LogP contribution in [0.3, 0.4) is 0 Å². The van der Waals surface area contributed by atoms with Crippen molar-refractivity contribution in [2.75, 3.05) is 13.2 Å². The monoisotopic (exact) mass is 1120 g/mol. The van der Waals surface area contributed by atoms with Crippen molar-refractivity contribution in [2.24, 2.45) is 0 Å². The van der Waals surface area contributed by atoms with Gasteiger partial charge >= 0.3 is 17.9 Å². The van der Waals surface area contributed by atoms with Gasteiger partial charge in [-0.1, -0.05) is 269 Å². The average molecular weight is 1120 g/mol. The fourth-order valence-corrected chi connectivity index (χ4v) is 8.62. The molecule has 0 rings (SSSR count). The first-order valence-corrected chi connectivity index (χ1v) is 33.0. The second kappa shape index (κ2) is 67.5. The largest absolute Gasteiger partial charge is 0.462 e. The van der Waals surface area contributed by atoms with Crippen LogP contribution in [0.4, 0.5) is 0 Å². The first-order valence-electron chi connectivity index (χ1n) is 33.0. The van der Waals surface area contributed by atoms with Gasteiger partial charge in [0.25, 0.3) is 0 Å². The number of rotatable bonds is 58. The molecular formula is C75H120O6. The molecule has 0 aliphatic heterocycles. The van der Waals surface area contributed by atoms with Crippen LogP contribution < -0.4 is 0 Å². The zero-order valence-corrected chi connectivity index (χ0v) is 52.2. The van der Waals surface area contributed by atoms with Gasteiger partial charge in [0.05, 0.1) is 0 Å². The van der Waals surface area contributed by atoms with Gasteiger partial charge in [0.2, 0.25) is 0 Å². The van der Waals surface area contributed by atoms with Crippen LogP contribution in [-0.2, 0) is 28.6 Å². The van der Waals surface area contributed by atoms with Gasteiger partial charge in [-0.15, -0.1) is 0 Å². The van der Waals surface area contributed by atoms with Crippen LogP contribution in [0, 0.1) is 0 Å². The topological polar surface area (TPSA) is 78.9 Å². The highest BCUT2D eigenvalue weighted by Gasteiger charge is 2.19. The summed E-state index contributed by atoms with van der Waals surface area (Å²) in [6.07, 6.45) is 98.2. The third kappa shape index (κ3) is 65.7. The molecular weight excluding hydrogens is 997 g/mol. The molecule has 0 aromatic carbocycles. The Hall–Kier alpha value is -4.97. The number of hydrogen-bond acceptors (Lipinski definition) is 6. The summed E-state index contributed by atoms with van der Waals surface area (Å²) in [6.45, 7) is 6.36. The van der Waals surface area contributed by atoms with E-state index in [4.69, 9.17) is 14.2 Å². The van der Waals surface area contributed by atoms with Gasteiger partial charge in [-0.25, -0.2) is 0 Å². The summed E-state index contributed by atoms with van der Waals surface area (Å²) >= 11 is 0. The molecule has 0 aliphatic rings. The Morgan fingerprint density at radius 1 is 0.259 bits per heavy atom. The number of carbonyl (C=O) groups is 3. The van der Waals surface area contributed by atoms with E-state index in [1.54, 1.807) is 0 Å². The van der Waals surface area contributed by atoms with Crippen molar-refractivity contribution in [3.05, 3.63) is 158 Å². The molecule has 0 saturated heterocycles. The predicted molar refractivity (Wildman–Crippen MR) is 352 cm³/mol. The van der Waals surface area contributed by atoms with Crippen molar-refractivity contribution >= 4 is 17.9 Å². The SMILES string of the molecule is CC/C=C\C/C=C\C/C=C\C/C=C\C/C=C\C/C=C\C/C=C\CCCCCC(=O)OCC(COC(=O)CCCCCCC/C=C\CCCCCC)OC(=O)CCCCCCCCCCC/C=C\C/C=C\C/C=C\C/C=C\C/C=C\CC. The van der Waals surface area contributed by atoms with E-state index in [1.165, 1.54) is 77.0 Å². The third-order valence-corrected chi connectivity index (χ3v) is 13.5. The third-order valence-electron chi connectivity index (χ3n) is 13.5. The summed E-state index contributed by atoms with van der Waals surface area (Å²) in [4.78, 5) is 38.4. The van der Waals surface area contributed by atoms with Crippen molar-refractivity contribution in [3.63, 3.8) is 0 Å². The van der Waals surface area contributed by atoms with E-state index in [9.17, 15) is 14.4 Å². The van der Waals surface area contributed by atoms with Crippen molar-refractivity contribution in [1.82, 2.24) is 0 Å². The van der Waals surface area contributed by atoms with Crippen LogP contribution in [0.5, 0.6) is 0 Å². The van der Waals surface area contributed by atoms with Gasteiger partial charge < -0.3 is 14.2 Å². The minimum atomic E-state index is -0.808. The Kier molecular flexibility index (Phi) is 63.4. The lowest BCUT2D eigenvalue weighted by Gasteiger charge is -2.18. The molecule has 0 aromatic heterocycles. The second-order valence-electron chi connectivity index (χ2n) is 21.3. The van der Waals surface area contributed by atoms with E-state index < -0.39 is 6.10 Å². The van der Waals surface area contributed by atoms with Gasteiger partial charge in [0, 0.05) is 19.3 Å². The molecule has 1 unspecified atom stereocenters. The number of unbranched alkanes of at least 4 members (excludes halogenated alkanes) is 21. The molecule has 456 valence electrons. The molecule has 0 saturated carbocycles.